The van der Waals surface area contributed by atoms with Crippen molar-refractivity contribution in [2.24, 2.45) is 5.11 Å². The van der Waals surface area contributed by atoms with Gasteiger partial charge in [-0.15, -0.1) is 0 Å². The molecule has 0 amide bonds. The molecular formula is C9H20N4. The summed E-state index contributed by atoms with van der Waals surface area (Å²) in [5.74, 6) is 0. The number of azide groups is 1. The van der Waals surface area contributed by atoms with Crippen LogP contribution < -0.4 is 5.32 Å². The smallest absolute Gasteiger partial charge is 0.0257 e. The zero-order chi connectivity index (χ0) is 9.78. The highest BCUT2D eigenvalue weighted by Gasteiger charge is 1.89. The van der Waals surface area contributed by atoms with E-state index < -0.39 is 0 Å². The summed E-state index contributed by atoms with van der Waals surface area (Å²) in [6.07, 6.45) is 7.38. The average molecular weight is 184 g/mol. The van der Waals surface area contributed by atoms with E-state index in [0.29, 0.717) is 6.54 Å². The molecule has 0 spiro atoms. The Balaban J connectivity index is 2.87. The fraction of sp³-hybridized carbons (Fsp3) is 1.00. The van der Waals surface area contributed by atoms with E-state index in [1.54, 1.807) is 0 Å². The average Bonchev–Trinajstić information content (AvgIpc) is 2.16. The fourth-order valence-electron chi connectivity index (χ4n) is 1.24. The van der Waals surface area contributed by atoms with Gasteiger partial charge in [0.05, 0.1) is 0 Å². The molecule has 0 aromatic rings. The quantitative estimate of drug-likeness (QED) is 0.255. The van der Waals surface area contributed by atoms with Gasteiger partial charge in [-0.05, 0) is 32.0 Å². The summed E-state index contributed by atoms with van der Waals surface area (Å²) >= 11 is 0. The molecule has 0 aliphatic heterocycles. The summed E-state index contributed by atoms with van der Waals surface area (Å²) in [6, 6.07) is 0. The van der Waals surface area contributed by atoms with E-state index >= 15 is 0 Å². The van der Waals surface area contributed by atoms with E-state index in [-0.39, 0.29) is 0 Å². The third-order valence-corrected chi connectivity index (χ3v) is 2.00. The van der Waals surface area contributed by atoms with Crippen LogP contribution in [0.25, 0.3) is 10.4 Å². The molecule has 4 nitrogen and oxygen atoms in total. The lowest BCUT2D eigenvalue weighted by Gasteiger charge is -1.99. The maximum absolute atomic E-state index is 8.02. The van der Waals surface area contributed by atoms with Gasteiger partial charge in [0.15, 0.2) is 0 Å². The largest absolute Gasteiger partial charge is 0.320 e. The van der Waals surface area contributed by atoms with E-state index in [0.717, 1.165) is 13.0 Å². The number of nitrogens with zero attached hydrogens (tertiary/aromatic N) is 3. The van der Waals surface area contributed by atoms with Gasteiger partial charge < -0.3 is 5.32 Å². The second-order valence-corrected chi connectivity index (χ2v) is 3.18. The van der Waals surface area contributed by atoms with Crippen LogP contribution in [0.4, 0.5) is 0 Å². The Morgan fingerprint density at radius 2 is 1.69 bits per heavy atom. The normalized spacial score (nSPS) is 9.62. The Kier molecular flexibility index (Phi) is 10.6. The maximum atomic E-state index is 8.02. The predicted octanol–water partition coefficient (Wildman–Crippen LogP) is 2.86. The van der Waals surface area contributed by atoms with Gasteiger partial charge in [-0.3, -0.25) is 0 Å². The highest BCUT2D eigenvalue weighted by molar-refractivity contribution is 4.50. The molecule has 76 valence electrons. The van der Waals surface area contributed by atoms with Gasteiger partial charge in [0.1, 0.15) is 0 Å². The SMILES string of the molecule is CNCCCCCCCCN=[N+]=[N-]. The van der Waals surface area contributed by atoms with Crippen molar-refractivity contribution in [3.05, 3.63) is 10.4 Å². The van der Waals surface area contributed by atoms with Gasteiger partial charge >= 0.3 is 0 Å². The summed E-state index contributed by atoms with van der Waals surface area (Å²) in [5, 5.41) is 6.62. The molecule has 0 rings (SSSR count). The molecule has 0 fully saturated rings. The Labute approximate surface area is 80.3 Å². The molecular weight excluding hydrogens is 164 g/mol. The minimum atomic E-state index is 0.660. The number of hydrogen-bond donors (Lipinski definition) is 1. The van der Waals surface area contributed by atoms with Gasteiger partial charge in [0.2, 0.25) is 0 Å². The van der Waals surface area contributed by atoms with E-state index in [4.69, 9.17) is 5.53 Å². The van der Waals surface area contributed by atoms with Crippen LogP contribution in [0.2, 0.25) is 0 Å². The van der Waals surface area contributed by atoms with Crippen molar-refractivity contribution >= 4 is 0 Å². The van der Waals surface area contributed by atoms with Crippen molar-refractivity contribution in [2.75, 3.05) is 20.1 Å². The number of nitrogens with one attached hydrogen (secondary N) is 1. The number of rotatable bonds is 9. The fourth-order valence-corrected chi connectivity index (χ4v) is 1.24. The van der Waals surface area contributed by atoms with E-state index in [2.05, 4.69) is 15.3 Å². The summed E-state index contributed by atoms with van der Waals surface area (Å²) < 4.78 is 0. The lowest BCUT2D eigenvalue weighted by atomic mass is 10.1. The zero-order valence-electron chi connectivity index (χ0n) is 8.50. The minimum absolute atomic E-state index is 0.660. The van der Waals surface area contributed by atoms with Crippen molar-refractivity contribution < 1.29 is 0 Å². The first-order chi connectivity index (χ1) is 6.41. The van der Waals surface area contributed by atoms with Crippen LogP contribution in [0.5, 0.6) is 0 Å². The van der Waals surface area contributed by atoms with Gasteiger partial charge in [0.25, 0.3) is 0 Å². The molecule has 0 unspecified atom stereocenters. The first-order valence-electron chi connectivity index (χ1n) is 5.07. The molecule has 0 aliphatic carbocycles. The zero-order valence-corrected chi connectivity index (χ0v) is 8.50. The Bertz CT molecular complexity index is 141. The summed E-state index contributed by atoms with van der Waals surface area (Å²) in [5.41, 5.74) is 8.02. The van der Waals surface area contributed by atoms with Gasteiger partial charge in [-0.1, -0.05) is 30.8 Å². The summed E-state index contributed by atoms with van der Waals surface area (Å²) in [7, 11) is 1.99. The third kappa shape index (κ3) is 11.3. The van der Waals surface area contributed by atoms with Crippen molar-refractivity contribution in [3.63, 3.8) is 0 Å². The number of hydrogen-bond acceptors (Lipinski definition) is 2. The van der Waals surface area contributed by atoms with Crippen molar-refractivity contribution in [3.8, 4) is 0 Å². The van der Waals surface area contributed by atoms with Crippen LogP contribution in [0.1, 0.15) is 38.5 Å². The van der Waals surface area contributed by atoms with Crippen LogP contribution >= 0.6 is 0 Å². The van der Waals surface area contributed by atoms with E-state index in [1.807, 2.05) is 7.05 Å². The van der Waals surface area contributed by atoms with Crippen molar-refractivity contribution in [1.29, 1.82) is 0 Å². The van der Waals surface area contributed by atoms with E-state index in [9.17, 15) is 0 Å². The van der Waals surface area contributed by atoms with Gasteiger partial charge in [0, 0.05) is 11.5 Å². The molecule has 0 atom stereocenters. The Morgan fingerprint density at radius 1 is 1.08 bits per heavy atom. The first-order valence-corrected chi connectivity index (χ1v) is 5.07. The highest BCUT2D eigenvalue weighted by Crippen LogP contribution is 2.04. The Morgan fingerprint density at radius 3 is 2.31 bits per heavy atom. The molecule has 13 heavy (non-hydrogen) atoms. The molecule has 0 bridgehead atoms. The standard InChI is InChI=1S/C9H20N4/c1-11-8-6-4-2-3-5-7-9-12-13-10/h11H,2-9H2,1H3. The number of unbranched alkanes of at least 4 members (excludes halogenated alkanes) is 5. The molecule has 0 radical (unpaired) electrons. The molecule has 0 aliphatic rings. The molecule has 0 saturated carbocycles. The molecule has 0 heterocycles. The van der Waals surface area contributed by atoms with E-state index in [1.165, 1.54) is 32.1 Å². The van der Waals surface area contributed by atoms with Gasteiger partial charge in [-0.2, -0.15) is 0 Å². The van der Waals surface area contributed by atoms with Crippen molar-refractivity contribution in [1.82, 2.24) is 5.32 Å². The van der Waals surface area contributed by atoms with Crippen LogP contribution in [0, 0.1) is 0 Å². The predicted molar refractivity (Wildman–Crippen MR) is 55.6 cm³/mol. The first kappa shape index (κ1) is 12.3. The van der Waals surface area contributed by atoms with Crippen LogP contribution in [0.15, 0.2) is 5.11 Å². The maximum Gasteiger partial charge on any atom is 0.0257 e. The van der Waals surface area contributed by atoms with Crippen LogP contribution in [0.3, 0.4) is 0 Å². The monoisotopic (exact) mass is 184 g/mol. The lowest BCUT2D eigenvalue weighted by molar-refractivity contribution is 0.584. The molecule has 4 heteroatoms. The Hall–Kier alpha value is -0.730. The summed E-state index contributed by atoms with van der Waals surface area (Å²) in [6.45, 7) is 1.78. The molecule has 1 N–H and O–H groups in total. The second-order valence-electron chi connectivity index (χ2n) is 3.18. The molecule has 0 aromatic heterocycles. The van der Waals surface area contributed by atoms with Crippen LogP contribution in [-0.4, -0.2) is 20.1 Å². The second kappa shape index (κ2) is 11.3. The molecule has 0 saturated heterocycles. The lowest BCUT2D eigenvalue weighted by Crippen LogP contribution is -2.06. The third-order valence-electron chi connectivity index (χ3n) is 2.00. The summed E-state index contributed by atoms with van der Waals surface area (Å²) in [4.78, 5) is 2.71. The minimum Gasteiger partial charge on any atom is -0.320 e. The molecule has 0 aromatic carbocycles. The van der Waals surface area contributed by atoms with Crippen molar-refractivity contribution in [2.45, 2.75) is 38.5 Å². The van der Waals surface area contributed by atoms with Gasteiger partial charge in [-0.25, -0.2) is 0 Å². The highest BCUT2D eigenvalue weighted by atomic mass is 15.1. The van der Waals surface area contributed by atoms with Crippen LogP contribution in [-0.2, 0) is 0 Å². The topological polar surface area (TPSA) is 60.8 Å².